The number of nitrogens with one attached hydrogen (secondary N) is 1. The third-order valence-electron chi connectivity index (χ3n) is 5.16. The molecule has 2 aromatic carbocycles. The van der Waals surface area contributed by atoms with Crippen LogP contribution >= 0.6 is 27.7 Å². The lowest BCUT2D eigenvalue weighted by Gasteiger charge is -2.28. The number of ketones is 1. The zero-order chi connectivity index (χ0) is 22.7. The Kier molecular flexibility index (Phi) is 7.01. The van der Waals surface area contributed by atoms with Gasteiger partial charge in [0.15, 0.2) is 5.78 Å². The standard InChI is InChI=1S/C24H25BrN4O2S/c1-4-13-32-24-27-23-26-15(2)21(16(3)30)22(29(23)28-24)18-7-11-20(12-8-18)31-14-17-5-9-19(25)10-6-17/h5-12,22H,4,13-14H2,1-3H3,(H,26,27,28). The first-order valence-electron chi connectivity index (χ1n) is 10.5. The number of hydrogen-bond donors (Lipinski definition) is 1. The summed E-state index contributed by atoms with van der Waals surface area (Å²) in [5.74, 6) is 2.39. The number of hydrogen-bond acceptors (Lipinski definition) is 6. The Bertz CT molecular complexity index is 1140. The maximum absolute atomic E-state index is 12.5. The lowest BCUT2D eigenvalue weighted by Crippen LogP contribution is -2.27. The number of thioether (sulfide) groups is 1. The Hall–Kier alpha value is -2.58. The molecule has 1 unspecified atom stereocenters. The van der Waals surface area contributed by atoms with Crippen LogP contribution in [0, 0.1) is 0 Å². The van der Waals surface area contributed by atoms with Gasteiger partial charge in [-0.25, -0.2) is 4.68 Å². The van der Waals surface area contributed by atoms with Crippen LogP contribution in [0.1, 0.15) is 44.4 Å². The number of anilines is 1. The molecule has 0 saturated heterocycles. The molecular weight excluding hydrogens is 488 g/mol. The monoisotopic (exact) mass is 512 g/mol. The molecule has 0 fully saturated rings. The highest BCUT2D eigenvalue weighted by atomic mass is 79.9. The quantitative estimate of drug-likeness (QED) is 0.373. The summed E-state index contributed by atoms with van der Waals surface area (Å²) in [6, 6.07) is 15.6. The van der Waals surface area contributed by atoms with Crippen molar-refractivity contribution in [3.05, 3.63) is 75.4 Å². The van der Waals surface area contributed by atoms with E-state index >= 15 is 0 Å². The molecule has 4 rings (SSSR count). The van der Waals surface area contributed by atoms with E-state index in [9.17, 15) is 4.79 Å². The fourth-order valence-corrected chi connectivity index (χ4v) is 4.59. The SMILES string of the molecule is CCCSc1nc2n(n1)C(c1ccc(OCc3ccc(Br)cc3)cc1)C(C(C)=O)=C(C)N2. The number of aromatic nitrogens is 3. The number of ether oxygens (including phenoxy) is 1. The van der Waals surface area contributed by atoms with Crippen LogP contribution in [0.2, 0.25) is 0 Å². The van der Waals surface area contributed by atoms with Crippen molar-refractivity contribution in [2.75, 3.05) is 11.1 Å². The van der Waals surface area contributed by atoms with E-state index in [0.29, 0.717) is 23.3 Å². The van der Waals surface area contributed by atoms with Crippen molar-refractivity contribution in [3.8, 4) is 5.75 Å². The molecule has 1 aliphatic heterocycles. The van der Waals surface area contributed by atoms with Gasteiger partial charge in [0.05, 0.1) is 0 Å². The van der Waals surface area contributed by atoms with E-state index in [4.69, 9.17) is 9.84 Å². The molecular formula is C24H25BrN4O2S. The number of halogens is 1. The summed E-state index contributed by atoms with van der Waals surface area (Å²) in [6.07, 6.45) is 1.04. The van der Waals surface area contributed by atoms with Gasteiger partial charge in [-0.3, -0.25) is 4.79 Å². The minimum Gasteiger partial charge on any atom is -0.489 e. The Morgan fingerprint density at radius 1 is 1.19 bits per heavy atom. The molecule has 6 nitrogen and oxygen atoms in total. The molecule has 1 N–H and O–H groups in total. The molecule has 0 aliphatic carbocycles. The second kappa shape index (κ2) is 9.92. The maximum atomic E-state index is 12.5. The van der Waals surface area contributed by atoms with Gasteiger partial charge < -0.3 is 10.1 Å². The molecule has 8 heteroatoms. The van der Waals surface area contributed by atoms with E-state index in [1.165, 1.54) is 0 Å². The first-order valence-corrected chi connectivity index (χ1v) is 12.3. The molecule has 0 bridgehead atoms. The number of benzene rings is 2. The summed E-state index contributed by atoms with van der Waals surface area (Å²) < 4.78 is 8.80. The Morgan fingerprint density at radius 2 is 1.91 bits per heavy atom. The van der Waals surface area contributed by atoms with Crippen molar-refractivity contribution in [3.63, 3.8) is 0 Å². The van der Waals surface area contributed by atoms with Gasteiger partial charge in [0.25, 0.3) is 0 Å². The van der Waals surface area contributed by atoms with Gasteiger partial charge >= 0.3 is 0 Å². The normalized spacial score (nSPS) is 15.3. The predicted octanol–water partition coefficient (Wildman–Crippen LogP) is 6.00. The van der Waals surface area contributed by atoms with Crippen LogP contribution in [0.3, 0.4) is 0 Å². The second-order valence-corrected chi connectivity index (χ2v) is 9.60. The van der Waals surface area contributed by atoms with Gasteiger partial charge in [0.1, 0.15) is 18.4 Å². The Labute approximate surface area is 200 Å². The summed E-state index contributed by atoms with van der Waals surface area (Å²) >= 11 is 5.07. The van der Waals surface area contributed by atoms with E-state index in [1.807, 2.05) is 60.1 Å². The molecule has 1 atom stereocenters. The number of nitrogens with zero attached hydrogens (tertiary/aromatic N) is 3. The number of carbonyl (C=O) groups is 1. The van der Waals surface area contributed by atoms with Crippen molar-refractivity contribution in [1.29, 1.82) is 0 Å². The molecule has 0 amide bonds. The zero-order valence-corrected chi connectivity index (χ0v) is 20.7. The van der Waals surface area contributed by atoms with Gasteiger partial charge in [-0.2, -0.15) is 4.98 Å². The van der Waals surface area contributed by atoms with Gasteiger partial charge in [0, 0.05) is 21.5 Å². The van der Waals surface area contributed by atoms with Gasteiger partial charge in [-0.15, -0.1) is 5.10 Å². The molecule has 0 saturated carbocycles. The molecule has 0 radical (unpaired) electrons. The third kappa shape index (κ3) is 4.91. The number of allylic oxidation sites excluding steroid dienone is 2. The molecule has 32 heavy (non-hydrogen) atoms. The highest BCUT2D eigenvalue weighted by Gasteiger charge is 2.32. The van der Waals surface area contributed by atoms with E-state index in [1.54, 1.807) is 18.7 Å². The average molecular weight is 513 g/mol. The lowest BCUT2D eigenvalue weighted by atomic mass is 9.93. The summed E-state index contributed by atoms with van der Waals surface area (Å²) in [4.78, 5) is 17.2. The van der Waals surface area contributed by atoms with Crippen LogP contribution in [0.4, 0.5) is 5.95 Å². The van der Waals surface area contributed by atoms with Crippen LogP contribution in [-0.4, -0.2) is 26.3 Å². The first-order chi connectivity index (χ1) is 15.5. The Balaban J connectivity index is 1.59. The van der Waals surface area contributed by atoms with Gasteiger partial charge in [-0.1, -0.05) is 58.9 Å². The van der Waals surface area contributed by atoms with Crippen LogP contribution in [0.15, 0.2) is 69.4 Å². The number of Topliss-reactive ketones (excluding diaryl/α,β-unsaturated/α-hetero) is 1. The Morgan fingerprint density at radius 3 is 2.56 bits per heavy atom. The van der Waals surface area contributed by atoms with E-state index in [0.717, 1.165) is 39.2 Å². The number of fused-ring (bicyclic) bond motifs is 1. The average Bonchev–Trinajstić information content (AvgIpc) is 3.19. The third-order valence-corrected chi connectivity index (χ3v) is 6.73. The number of carbonyl (C=O) groups excluding carboxylic acids is 1. The second-order valence-electron chi connectivity index (χ2n) is 7.62. The smallest absolute Gasteiger partial charge is 0.227 e. The fraction of sp³-hybridized carbons (Fsp3) is 0.292. The molecule has 166 valence electrons. The van der Waals surface area contributed by atoms with E-state index in [-0.39, 0.29) is 11.8 Å². The molecule has 1 aliphatic rings. The van der Waals surface area contributed by atoms with Crippen LogP contribution in [-0.2, 0) is 11.4 Å². The van der Waals surface area contributed by atoms with Crippen molar-refractivity contribution in [2.45, 2.75) is 45.0 Å². The number of rotatable bonds is 8. The largest absolute Gasteiger partial charge is 0.489 e. The molecule has 2 heterocycles. The van der Waals surface area contributed by atoms with Crippen LogP contribution in [0.5, 0.6) is 5.75 Å². The lowest BCUT2D eigenvalue weighted by molar-refractivity contribution is -0.114. The van der Waals surface area contributed by atoms with Crippen LogP contribution in [0.25, 0.3) is 0 Å². The van der Waals surface area contributed by atoms with Crippen molar-refractivity contribution >= 4 is 39.4 Å². The predicted molar refractivity (Wildman–Crippen MR) is 131 cm³/mol. The van der Waals surface area contributed by atoms with Crippen molar-refractivity contribution in [1.82, 2.24) is 14.8 Å². The summed E-state index contributed by atoms with van der Waals surface area (Å²) in [6.45, 7) is 6.13. The van der Waals surface area contributed by atoms with E-state index in [2.05, 4.69) is 33.2 Å². The fourth-order valence-electron chi connectivity index (χ4n) is 3.64. The zero-order valence-electron chi connectivity index (χ0n) is 18.3. The minimum absolute atomic E-state index is 0.0134. The molecule has 0 spiro atoms. The van der Waals surface area contributed by atoms with Gasteiger partial charge in [0.2, 0.25) is 11.1 Å². The van der Waals surface area contributed by atoms with Crippen molar-refractivity contribution < 1.29 is 9.53 Å². The first kappa shape index (κ1) is 22.6. The molecule has 3 aromatic rings. The molecule has 1 aromatic heterocycles. The van der Waals surface area contributed by atoms with Gasteiger partial charge in [-0.05, 0) is 55.7 Å². The summed E-state index contributed by atoms with van der Waals surface area (Å²) in [5, 5.41) is 8.67. The van der Waals surface area contributed by atoms with Crippen molar-refractivity contribution in [2.24, 2.45) is 0 Å². The van der Waals surface area contributed by atoms with Crippen LogP contribution < -0.4 is 10.1 Å². The van der Waals surface area contributed by atoms with E-state index < -0.39 is 0 Å². The summed E-state index contributed by atoms with van der Waals surface area (Å²) in [5.41, 5.74) is 3.56. The highest BCUT2D eigenvalue weighted by molar-refractivity contribution is 9.10. The minimum atomic E-state index is -0.326. The summed E-state index contributed by atoms with van der Waals surface area (Å²) in [7, 11) is 0. The maximum Gasteiger partial charge on any atom is 0.227 e. The topological polar surface area (TPSA) is 69.0 Å². The highest BCUT2D eigenvalue weighted by Crippen LogP contribution is 2.37.